The van der Waals surface area contributed by atoms with Crippen LogP contribution in [0.1, 0.15) is 43.3 Å². The molecule has 0 saturated heterocycles. The van der Waals surface area contributed by atoms with Crippen molar-refractivity contribution < 1.29 is 4.79 Å². The lowest BCUT2D eigenvalue weighted by molar-refractivity contribution is 0.184. The lowest BCUT2D eigenvalue weighted by Crippen LogP contribution is -2.39. The Balaban J connectivity index is 1.77. The summed E-state index contributed by atoms with van der Waals surface area (Å²) in [5, 5.41) is 12.7. The van der Waals surface area contributed by atoms with E-state index in [1.54, 1.807) is 39.8 Å². The fourth-order valence-corrected chi connectivity index (χ4v) is 4.11. The van der Waals surface area contributed by atoms with Crippen LogP contribution in [0.2, 0.25) is 0 Å². The topological polar surface area (TPSA) is 91.0 Å². The molecule has 1 atom stereocenters. The van der Waals surface area contributed by atoms with Gasteiger partial charge in [0.15, 0.2) is 0 Å². The van der Waals surface area contributed by atoms with Gasteiger partial charge in [-0.2, -0.15) is 5.26 Å². The summed E-state index contributed by atoms with van der Waals surface area (Å²) in [6.07, 6.45) is 0.755. The van der Waals surface area contributed by atoms with E-state index in [0.717, 1.165) is 12.0 Å². The first-order valence-electron chi connectivity index (χ1n) is 11.6. The van der Waals surface area contributed by atoms with Crippen molar-refractivity contribution in [2.75, 3.05) is 5.32 Å². The first kappa shape index (κ1) is 23.7. The number of nitrogens with one attached hydrogen (secondary N) is 1. The maximum Gasteiger partial charge on any atom is 0.322 e. The van der Waals surface area contributed by atoms with Gasteiger partial charge < -0.3 is 10.2 Å². The molecule has 7 heteroatoms. The van der Waals surface area contributed by atoms with Crippen LogP contribution in [0, 0.1) is 11.3 Å². The van der Waals surface area contributed by atoms with Crippen LogP contribution in [0.4, 0.5) is 10.5 Å². The average molecular weight is 466 g/mol. The van der Waals surface area contributed by atoms with E-state index in [9.17, 15) is 14.9 Å². The molecule has 1 heterocycles. The van der Waals surface area contributed by atoms with Gasteiger partial charge in [-0.05, 0) is 49.2 Å². The van der Waals surface area contributed by atoms with E-state index in [1.165, 1.54) is 0 Å². The number of urea groups is 1. The number of nitriles is 1. The molecule has 3 aromatic carbocycles. The third-order valence-corrected chi connectivity index (χ3v) is 5.88. The highest BCUT2D eigenvalue weighted by atomic mass is 16.2. The number of para-hydroxylation sites is 1. The van der Waals surface area contributed by atoms with Crippen molar-refractivity contribution in [2.24, 2.45) is 0 Å². The van der Waals surface area contributed by atoms with Gasteiger partial charge in [-0.15, -0.1) is 0 Å². The zero-order chi connectivity index (χ0) is 24.8. The van der Waals surface area contributed by atoms with Gasteiger partial charge in [0.1, 0.15) is 5.82 Å². The second kappa shape index (κ2) is 10.7. The predicted molar refractivity (Wildman–Crippen MR) is 137 cm³/mol. The molecule has 0 bridgehead atoms. The van der Waals surface area contributed by atoms with Gasteiger partial charge in [-0.3, -0.25) is 9.36 Å². The van der Waals surface area contributed by atoms with E-state index in [4.69, 9.17) is 4.98 Å². The van der Waals surface area contributed by atoms with Crippen molar-refractivity contribution in [2.45, 2.75) is 39.4 Å². The van der Waals surface area contributed by atoms with Crippen LogP contribution in [0.3, 0.4) is 0 Å². The first-order chi connectivity index (χ1) is 17.0. The van der Waals surface area contributed by atoms with E-state index in [-0.39, 0.29) is 11.6 Å². The van der Waals surface area contributed by atoms with Crippen molar-refractivity contribution >= 4 is 22.6 Å². The minimum atomic E-state index is -0.502. The minimum absolute atomic E-state index is 0.110. The summed E-state index contributed by atoms with van der Waals surface area (Å²) in [7, 11) is 0. The van der Waals surface area contributed by atoms with Crippen molar-refractivity contribution in [1.82, 2.24) is 14.5 Å². The van der Waals surface area contributed by atoms with Crippen LogP contribution in [0.5, 0.6) is 0 Å². The predicted octanol–water partition coefficient (Wildman–Crippen LogP) is 5.47. The van der Waals surface area contributed by atoms with Crippen molar-refractivity contribution in [1.29, 1.82) is 5.26 Å². The SMILES string of the molecule is CCCn1c(C(C)N(Cc2ccccc2)C(=O)Nc2cccc(C#N)c2)nc2ccccc2c1=O. The number of nitrogens with zero attached hydrogens (tertiary/aromatic N) is 4. The number of aromatic nitrogens is 2. The van der Waals surface area contributed by atoms with Crippen molar-refractivity contribution in [3.8, 4) is 6.07 Å². The van der Waals surface area contributed by atoms with Gasteiger partial charge in [0.2, 0.25) is 0 Å². The molecule has 1 unspecified atom stereocenters. The fraction of sp³-hybridized carbons (Fsp3) is 0.214. The third kappa shape index (κ3) is 5.22. The number of fused-ring (bicyclic) bond motifs is 1. The fourth-order valence-electron chi connectivity index (χ4n) is 4.11. The number of rotatable bonds is 7. The van der Waals surface area contributed by atoms with E-state index >= 15 is 0 Å². The number of carbonyl (C=O) groups is 1. The van der Waals surface area contributed by atoms with E-state index in [2.05, 4.69) is 11.4 Å². The second-order valence-electron chi connectivity index (χ2n) is 8.36. The van der Waals surface area contributed by atoms with E-state index in [0.29, 0.717) is 41.1 Å². The van der Waals surface area contributed by atoms with Crippen LogP contribution < -0.4 is 10.9 Å². The number of hydrogen-bond acceptors (Lipinski definition) is 4. The first-order valence-corrected chi connectivity index (χ1v) is 11.6. The second-order valence-corrected chi connectivity index (χ2v) is 8.36. The molecule has 0 aliphatic carbocycles. The molecular formula is C28H27N5O2. The maximum absolute atomic E-state index is 13.6. The quantitative estimate of drug-likeness (QED) is 0.392. The van der Waals surface area contributed by atoms with Crippen LogP contribution in [0.15, 0.2) is 83.7 Å². The van der Waals surface area contributed by atoms with E-state index < -0.39 is 6.04 Å². The van der Waals surface area contributed by atoms with Gasteiger partial charge >= 0.3 is 6.03 Å². The van der Waals surface area contributed by atoms with Gasteiger partial charge in [-0.1, -0.05) is 55.5 Å². The Morgan fingerprint density at radius 2 is 1.83 bits per heavy atom. The molecule has 0 aliphatic heterocycles. The Bertz CT molecular complexity index is 1440. The standard InChI is InChI=1S/C28H27N5O2/c1-3-16-32-26(31-25-15-8-7-14-24(25)27(32)34)20(2)33(19-21-10-5-4-6-11-21)28(35)30-23-13-9-12-22(17-23)18-29/h4-15,17,20H,3,16,19H2,1-2H3,(H,30,35). The minimum Gasteiger partial charge on any atom is -0.310 e. The lowest BCUT2D eigenvalue weighted by atomic mass is 10.1. The van der Waals surface area contributed by atoms with Crippen LogP contribution >= 0.6 is 0 Å². The molecule has 1 aromatic heterocycles. The average Bonchev–Trinajstić information content (AvgIpc) is 2.89. The number of amides is 2. The molecule has 1 N–H and O–H groups in total. The molecule has 2 amide bonds. The molecule has 0 spiro atoms. The van der Waals surface area contributed by atoms with E-state index in [1.807, 2.05) is 62.4 Å². The zero-order valence-corrected chi connectivity index (χ0v) is 19.8. The van der Waals surface area contributed by atoms with Crippen molar-refractivity contribution in [3.05, 3.63) is 106 Å². The normalized spacial score (nSPS) is 11.6. The van der Waals surface area contributed by atoms with Gasteiger partial charge in [0, 0.05) is 18.8 Å². The summed E-state index contributed by atoms with van der Waals surface area (Å²) in [4.78, 5) is 33.4. The molecule has 176 valence electrons. The van der Waals surface area contributed by atoms with Crippen LogP contribution in [-0.2, 0) is 13.1 Å². The molecule has 4 rings (SSSR count). The summed E-state index contributed by atoms with van der Waals surface area (Å²) >= 11 is 0. The van der Waals surface area contributed by atoms with Gasteiger partial charge in [0.05, 0.1) is 28.6 Å². The summed E-state index contributed by atoms with van der Waals surface area (Å²) < 4.78 is 1.68. The molecule has 7 nitrogen and oxygen atoms in total. The molecular weight excluding hydrogens is 438 g/mol. The van der Waals surface area contributed by atoms with Gasteiger partial charge in [-0.25, -0.2) is 9.78 Å². The Hall–Kier alpha value is -4.44. The number of hydrogen-bond donors (Lipinski definition) is 1. The zero-order valence-electron chi connectivity index (χ0n) is 19.8. The Morgan fingerprint density at radius 3 is 2.57 bits per heavy atom. The molecule has 4 aromatic rings. The third-order valence-electron chi connectivity index (χ3n) is 5.88. The molecule has 0 saturated carbocycles. The number of anilines is 1. The van der Waals surface area contributed by atoms with Crippen LogP contribution in [0.25, 0.3) is 10.9 Å². The highest BCUT2D eigenvalue weighted by molar-refractivity contribution is 5.89. The maximum atomic E-state index is 13.6. The highest BCUT2D eigenvalue weighted by Gasteiger charge is 2.26. The Kier molecular flexibility index (Phi) is 7.22. The smallest absolute Gasteiger partial charge is 0.310 e. The summed E-state index contributed by atoms with van der Waals surface area (Å²) in [5.74, 6) is 0.535. The molecule has 35 heavy (non-hydrogen) atoms. The Labute approximate surface area is 204 Å². The Morgan fingerprint density at radius 1 is 1.09 bits per heavy atom. The molecule has 0 radical (unpaired) electrons. The monoisotopic (exact) mass is 465 g/mol. The van der Waals surface area contributed by atoms with Crippen molar-refractivity contribution in [3.63, 3.8) is 0 Å². The summed E-state index contributed by atoms with van der Waals surface area (Å²) in [6, 6.07) is 25.0. The molecule has 0 fully saturated rings. The number of carbonyl (C=O) groups excluding carboxylic acids is 1. The van der Waals surface area contributed by atoms with Crippen LogP contribution in [-0.4, -0.2) is 20.5 Å². The largest absolute Gasteiger partial charge is 0.322 e. The van der Waals surface area contributed by atoms with Gasteiger partial charge in [0.25, 0.3) is 5.56 Å². The highest BCUT2D eigenvalue weighted by Crippen LogP contribution is 2.24. The summed E-state index contributed by atoms with van der Waals surface area (Å²) in [6.45, 7) is 4.71. The summed E-state index contributed by atoms with van der Waals surface area (Å²) in [5.41, 5.74) is 2.43. The number of benzene rings is 3. The molecule has 0 aliphatic rings. The lowest BCUT2D eigenvalue weighted by Gasteiger charge is -2.31.